The minimum Gasteiger partial charge on any atom is -0.497 e. The first kappa shape index (κ1) is 21.6. The molecule has 0 fully saturated rings. The van der Waals surface area contributed by atoms with Gasteiger partial charge in [0.25, 0.3) is 5.91 Å². The molecule has 1 heterocycles. The van der Waals surface area contributed by atoms with Gasteiger partial charge in [0.2, 0.25) is 0 Å². The SMILES string of the molecule is COC(=O)C(Cc1c(-c2ccc(OC)cc2)sc2ccccc12)NC(=O)c1ccccc1. The second-order valence-electron chi connectivity index (χ2n) is 7.25. The van der Waals surface area contributed by atoms with Crippen molar-refractivity contribution < 1.29 is 19.1 Å². The molecule has 1 unspecified atom stereocenters. The smallest absolute Gasteiger partial charge is 0.328 e. The van der Waals surface area contributed by atoms with E-state index in [-0.39, 0.29) is 5.91 Å². The van der Waals surface area contributed by atoms with Crippen molar-refractivity contribution in [1.82, 2.24) is 5.32 Å². The fourth-order valence-electron chi connectivity index (χ4n) is 3.65. The maximum atomic E-state index is 12.8. The molecule has 162 valence electrons. The lowest BCUT2D eigenvalue weighted by Crippen LogP contribution is -2.43. The number of rotatable bonds is 7. The van der Waals surface area contributed by atoms with E-state index in [0.29, 0.717) is 12.0 Å². The van der Waals surface area contributed by atoms with Crippen LogP contribution in [0.1, 0.15) is 15.9 Å². The Morgan fingerprint density at radius 2 is 1.59 bits per heavy atom. The summed E-state index contributed by atoms with van der Waals surface area (Å²) in [7, 11) is 2.97. The third-order valence-electron chi connectivity index (χ3n) is 5.29. The van der Waals surface area contributed by atoms with E-state index in [2.05, 4.69) is 11.4 Å². The molecule has 1 N–H and O–H groups in total. The molecule has 1 atom stereocenters. The van der Waals surface area contributed by atoms with Crippen LogP contribution in [0.4, 0.5) is 0 Å². The van der Waals surface area contributed by atoms with Crippen molar-refractivity contribution >= 4 is 33.3 Å². The molecule has 0 aliphatic carbocycles. The third kappa shape index (κ3) is 4.50. The summed E-state index contributed by atoms with van der Waals surface area (Å²) in [4.78, 5) is 26.4. The van der Waals surface area contributed by atoms with Crippen molar-refractivity contribution in [1.29, 1.82) is 0 Å². The largest absolute Gasteiger partial charge is 0.497 e. The number of carbonyl (C=O) groups excluding carboxylic acids is 2. The van der Waals surface area contributed by atoms with Crippen LogP contribution in [-0.4, -0.2) is 32.1 Å². The van der Waals surface area contributed by atoms with E-state index in [1.165, 1.54) is 7.11 Å². The Morgan fingerprint density at radius 1 is 0.906 bits per heavy atom. The Morgan fingerprint density at radius 3 is 2.28 bits per heavy atom. The molecule has 0 saturated heterocycles. The van der Waals surface area contributed by atoms with Gasteiger partial charge in [-0.15, -0.1) is 11.3 Å². The monoisotopic (exact) mass is 445 g/mol. The normalized spacial score (nSPS) is 11.7. The highest BCUT2D eigenvalue weighted by Gasteiger charge is 2.26. The van der Waals surface area contributed by atoms with Gasteiger partial charge in [0, 0.05) is 21.6 Å². The van der Waals surface area contributed by atoms with E-state index in [1.807, 2.05) is 48.5 Å². The second kappa shape index (κ2) is 9.66. The first-order valence-corrected chi connectivity index (χ1v) is 11.0. The number of esters is 1. The lowest BCUT2D eigenvalue weighted by Gasteiger charge is -2.17. The number of hydrogen-bond acceptors (Lipinski definition) is 5. The fourth-order valence-corrected chi connectivity index (χ4v) is 4.89. The lowest BCUT2D eigenvalue weighted by molar-refractivity contribution is -0.142. The average Bonchev–Trinajstić information content (AvgIpc) is 3.22. The van der Waals surface area contributed by atoms with E-state index >= 15 is 0 Å². The Bertz CT molecular complexity index is 1230. The van der Waals surface area contributed by atoms with Crippen molar-refractivity contribution in [3.05, 3.63) is 90.0 Å². The van der Waals surface area contributed by atoms with Crippen LogP contribution >= 0.6 is 11.3 Å². The van der Waals surface area contributed by atoms with E-state index in [9.17, 15) is 9.59 Å². The van der Waals surface area contributed by atoms with Gasteiger partial charge in [-0.05, 0) is 59.0 Å². The summed E-state index contributed by atoms with van der Waals surface area (Å²) >= 11 is 1.66. The highest BCUT2D eigenvalue weighted by Crippen LogP contribution is 2.39. The molecule has 0 bridgehead atoms. The molecule has 1 amide bonds. The molecule has 0 radical (unpaired) electrons. The standard InChI is InChI=1S/C26H23NO4S/c1-30-19-14-12-17(13-15-19)24-21(20-10-6-7-11-23(20)32-24)16-22(26(29)31-2)27-25(28)18-8-4-3-5-9-18/h3-15,22H,16H2,1-2H3,(H,27,28). The third-order valence-corrected chi connectivity index (χ3v) is 6.55. The fraction of sp³-hybridized carbons (Fsp3) is 0.154. The number of ether oxygens (including phenoxy) is 2. The van der Waals surface area contributed by atoms with Gasteiger partial charge in [0.15, 0.2) is 0 Å². The van der Waals surface area contributed by atoms with Crippen LogP contribution in [-0.2, 0) is 16.0 Å². The van der Waals surface area contributed by atoms with Crippen LogP contribution in [0, 0.1) is 0 Å². The van der Waals surface area contributed by atoms with Crippen molar-refractivity contribution in [3.8, 4) is 16.2 Å². The van der Waals surface area contributed by atoms with Crippen LogP contribution in [0.2, 0.25) is 0 Å². The van der Waals surface area contributed by atoms with Crippen LogP contribution in [0.25, 0.3) is 20.5 Å². The number of amides is 1. The van der Waals surface area contributed by atoms with Crippen molar-refractivity contribution in [2.45, 2.75) is 12.5 Å². The summed E-state index contributed by atoms with van der Waals surface area (Å²) in [6, 6.07) is 23.9. The van der Waals surface area contributed by atoms with Gasteiger partial charge in [-0.3, -0.25) is 4.79 Å². The Kier molecular flexibility index (Phi) is 6.52. The van der Waals surface area contributed by atoms with Crippen LogP contribution in [0.15, 0.2) is 78.9 Å². The highest BCUT2D eigenvalue weighted by atomic mass is 32.1. The molecule has 0 saturated carbocycles. The number of methoxy groups -OCH3 is 2. The van der Waals surface area contributed by atoms with Gasteiger partial charge in [-0.2, -0.15) is 0 Å². The summed E-state index contributed by atoms with van der Waals surface area (Å²) in [6.07, 6.45) is 0.316. The number of carbonyl (C=O) groups is 2. The van der Waals surface area contributed by atoms with Gasteiger partial charge in [-0.25, -0.2) is 4.79 Å². The minimum atomic E-state index is -0.817. The van der Waals surface area contributed by atoms with E-state index in [1.54, 1.807) is 42.7 Å². The molecule has 3 aromatic carbocycles. The van der Waals surface area contributed by atoms with Gasteiger partial charge >= 0.3 is 5.97 Å². The molecule has 4 aromatic rings. The van der Waals surface area contributed by atoms with Crippen LogP contribution in [0.5, 0.6) is 5.75 Å². The Balaban J connectivity index is 1.72. The maximum absolute atomic E-state index is 12.8. The zero-order valence-corrected chi connectivity index (χ0v) is 18.6. The molecule has 0 aliphatic heterocycles. The number of fused-ring (bicyclic) bond motifs is 1. The summed E-state index contributed by atoms with van der Waals surface area (Å²) in [5.74, 6) is -0.0178. The summed E-state index contributed by atoms with van der Waals surface area (Å²) in [6.45, 7) is 0. The minimum absolute atomic E-state index is 0.313. The zero-order chi connectivity index (χ0) is 22.5. The molecule has 5 nitrogen and oxygen atoms in total. The van der Waals surface area contributed by atoms with Crippen molar-refractivity contribution in [2.24, 2.45) is 0 Å². The van der Waals surface area contributed by atoms with Crippen molar-refractivity contribution in [3.63, 3.8) is 0 Å². The number of nitrogens with one attached hydrogen (secondary N) is 1. The molecular weight excluding hydrogens is 422 g/mol. The Hall–Kier alpha value is -3.64. The number of thiophene rings is 1. The molecule has 32 heavy (non-hydrogen) atoms. The second-order valence-corrected chi connectivity index (χ2v) is 8.31. The first-order valence-electron chi connectivity index (χ1n) is 10.2. The molecule has 0 spiro atoms. The van der Waals surface area contributed by atoms with Gasteiger partial charge in [0.1, 0.15) is 11.8 Å². The highest BCUT2D eigenvalue weighted by molar-refractivity contribution is 7.22. The van der Waals surface area contributed by atoms with Crippen LogP contribution < -0.4 is 10.1 Å². The van der Waals surface area contributed by atoms with Crippen LogP contribution in [0.3, 0.4) is 0 Å². The average molecular weight is 446 g/mol. The summed E-state index contributed by atoms with van der Waals surface area (Å²) in [5, 5.41) is 3.92. The lowest BCUT2D eigenvalue weighted by atomic mass is 9.99. The molecular formula is C26H23NO4S. The number of benzene rings is 3. The van der Waals surface area contributed by atoms with Gasteiger partial charge in [-0.1, -0.05) is 36.4 Å². The maximum Gasteiger partial charge on any atom is 0.328 e. The van der Waals surface area contributed by atoms with E-state index < -0.39 is 12.0 Å². The van der Waals surface area contributed by atoms with E-state index in [4.69, 9.17) is 9.47 Å². The predicted octanol–water partition coefficient (Wildman–Crippen LogP) is 5.09. The summed E-state index contributed by atoms with van der Waals surface area (Å²) in [5.41, 5.74) is 2.52. The molecule has 0 aliphatic rings. The quantitative estimate of drug-likeness (QED) is 0.403. The zero-order valence-electron chi connectivity index (χ0n) is 17.8. The molecule has 6 heteroatoms. The molecule has 4 rings (SSSR count). The Labute approximate surface area is 190 Å². The number of hydrogen-bond donors (Lipinski definition) is 1. The first-order chi connectivity index (χ1) is 15.6. The van der Waals surface area contributed by atoms with Crippen molar-refractivity contribution in [2.75, 3.05) is 14.2 Å². The summed E-state index contributed by atoms with van der Waals surface area (Å²) < 4.78 is 11.4. The van der Waals surface area contributed by atoms with E-state index in [0.717, 1.165) is 31.8 Å². The van der Waals surface area contributed by atoms with Gasteiger partial charge < -0.3 is 14.8 Å². The molecule has 1 aromatic heterocycles. The van der Waals surface area contributed by atoms with Gasteiger partial charge in [0.05, 0.1) is 14.2 Å². The topological polar surface area (TPSA) is 64.6 Å². The predicted molar refractivity (Wildman–Crippen MR) is 127 cm³/mol.